The normalized spacial score (nSPS) is 15.9. The molecule has 0 aliphatic heterocycles. The van der Waals surface area contributed by atoms with E-state index < -0.39 is 0 Å². The fourth-order valence-electron chi connectivity index (χ4n) is 2.69. The van der Waals surface area contributed by atoms with E-state index in [1.165, 1.54) is 12.0 Å². The first-order valence-electron chi connectivity index (χ1n) is 7.13. The first-order valence-corrected chi connectivity index (χ1v) is 7.13. The Balaban J connectivity index is 2.98. The number of hydrogen-bond donors (Lipinski definition) is 1. The number of nitrogens with one attached hydrogen (secondary N) is 1. The highest BCUT2D eigenvalue weighted by Crippen LogP contribution is 2.31. The van der Waals surface area contributed by atoms with Crippen LogP contribution in [0.3, 0.4) is 0 Å². The Labute approximate surface area is 112 Å². The van der Waals surface area contributed by atoms with E-state index >= 15 is 0 Å². The molecule has 0 radical (unpaired) electrons. The molecule has 3 unspecified atom stereocenters. The van der Waals surface area contributed by atoms with Crippen molar-refractivity contribution in [3.8, 4) is 0 Å². The molecule has 1 aromatic rings. The molecule has 0 aliphatic carbocycles. The lowest BCUT2D eigenvalue weighted by molar-refractivity contribution is 0.339. The second-order valence-corrected chi connectivity index (χ2v) is 5.01. The molecule has 0 spiro atoms. The third-order valence-electron chi connectivity index (χ3n) is 3.76. The summed E-state index contributed by atoms with van der Waals surface area (Å²) < 4.78 is 0. The first-order chi connectivity index (χ1) is 8.74. The molecule has 0 saturated heterocycles. The summed E-state index contributed by atoms with van der Waals surface area (Å²) in [6, 6.07) is 11.4. The van der Waals surface area contributed by atoms with Crippen LogP contribution >= 0.6 is 0 Å². The molecule has 1 aromatic carbocycles. The Morgan fingerprint density at radius 3 is 2.39 bits per heavy atom. The molecule has 0 saturated carbocycles. The Kier molecular flexibility index (Phi) is 6.74. The van der Waals surface area contributed by atoms with Crippen LogP contribution < -0.4 is 5.32 Å². The van der Waals surface area contributed by atoms with Gasteiger partial charge in [-0.1, -0.05) is 63.6 Å². The lowest BCUT2D eigenvalue weighted by Gasteiger charge is -2.32. The van der Waals surface area contributed by atoms with Gasteiger partial charge >= 0.3 is 0 Å². The second kappa shape index (κ2) is 8.10. The number of hydrogen-bond acceptors (Lipinski definition) is 1. The third-order valence-corrected chi connectivity index (χ3v) is 3.76. The molecule has 0 aromatic heterocycles. The van der Waals surface area contributed by atoms with Crippen LogP contribution in [0.4, 0.5) is 0 Å². The SMILES string of the molecule is C=CCC(NCC)C(c1ccccc1)C(C)CC. The molecule has 0 heterocycles. The molecule has 3 atom stereocenters. The average Bonchev–Trinajstić information content (AvgIpc) is 2.40. The maximum Gasteiger partial charge on any atom is 0.0173 e. The highest BCUT2D eigenvalue weighted by Gasteiger charge is 2.25. The summed E-state index contributed by atoms with van der Waals surface area (Å²) in [5.41, 5.74) is 1.44. The van der Waals surface area contributed by atoms with E-state index in [0.717, 1.165) is 13.0 Å². The topological polar surface area (TPSA) is 12.0 Å². The molecule has 0 amide bonds. The molecule has 0 bridgehead atoms. The van der Waals surface area contributed by atoms with Crippen molar-refractivity contribution >= 4 is 0 Å². The minimum Gasteiger partial charge on any atom is -0.313 e. The van der Waals surface area contributed by atoms with Gasteiger partial charge in [0.2, 0.25) is 0 Å². The van der Waals surface area contributed by atoms with E-state index in [9.17, 15) is 0 Å². The van der Waals surface area contributed by atoms with Crippen LogP contribution in [0, 0.1) is 5.92 Å². The molecular formula is C17H27N. The number of benzene rings is 1. The van der Waals surface area contributed by atoms with Crippen LogP contribution in [-0.2, 0) is 0 Å². The molecule has 0 aliphatic rings. The standard InChI is InChI=1S/C17H27N/c1-5-11-16(18-7-3)17(14(4)6-2)15-12-9-8-10-13-15/h5,8-10,12-14,16-18H,1,6-7,11H2,2-4H3. The van der Waals surface area contributed by atoms with Crippen LogP contribution in [0.25, 0.3) is 0 Å². The minimum atomic E-state index is 0.491. The van der Waals surface area contributed by atoms with Crippen molar-refractivity contribution in [3.05, 3.63) is 48.6 Å². The Hall–Kier alpha value is -1.08. The summed E-state index contributed by atoms with van der Waals surface area (Å²) >= 11 is 0. The van der Waals surface area contributed by atoms with Gasteiger partial charge in [-0.2, -0.15) is 0 Å². The Bertz CT molecular complexity index is 331. The fourth-order valence-corrected chi connectivity index (χ4v) is 2.69. The van der Waals surface area contributed by atoms with Crippen LogP contribution in [0.15, 0.2) is 43.0 Å². The molecule has 1 rings (SSSR count). The minimum absolute atomic E-state index is 0.491. The fraction of sp³-hybridized carbons (Fsp3) is 0.529. The highest BCUT2D eigenvalue weighted by molar-refractivity contribution is 5.22. The summed E-state index contributed by atoms with van der Waals surface area (Å²) in [6.45, 7) is 11.7. The van der Waals surface area contributed by atoms with Crippen molar-refractivity contribution in [1.29, 1.82) is 0 Å². The van der Waals surface area contributed by atoms with E-state index in [1.54, 1.807) is 0 Å². The molecule has 18 heavy (non-hydrogen) atoms. The first kappa shape index (κ1) is 15.0. The van der Waals surface area contributed by atoms with Crippen LogP contribution in [0.5, 0.6) is 0 Å². The van der Waals surface area contributed by atoms with E-state index in [1.807, 2.05) is 6.08 Å². The van der Waals surface area contributed by atoms with Crippen molar-refractivity contribution in [2.24, 2.45) is 5.92 Å². The zero-order chi connectivity index (χ0) is 13.4. The zero-order valence-corrected chi connectivity index (χ0v) is 12.0. The molecule has 1 N–H and O–H groups in total. The number of likely N-dealkylation sites (N-methyl/N-ethyl adjacent to an activating group) is 1. The van der Waals surface area contributed by atoms with Gasteiger partial charge in [-0.05, 0) is 24.4 Å². The van der Waals surface area contributed by atoms with Gasteiger partial charge in [0, 0.05) is 12.0 Å². The summed E-state index contributed by atoms with van der Waals surface area (Å²) in [5.74, 6) is 1.24. The molecule has 1 heteroatoms. The van der Waals surface area contributed by atoms with E-state index in [2.05, 4.69) is 63.0 Å². The quantitative estimate of drug-likeness (QED) is 0.671. The maximum atomic E-state index is 3.90. The average molecular weight is 245 g/mol. The lowest BCUT2D eigenvalue weighted by Crippen LogP contribution is -2.37. The summed E-state index contributed by atoms with van der Waals surface area (Å²) in [6.07, 6.45) is 4.27. The van der Waals surface area contributed by atoms with Gasteiger partial charge in [0.15, 0.2) is 0 Å². The molecule has 0 fully saturated rings. The Morgan fingerprint density at radius 2 is 1.89 bits per heavy atom. The highest BCUT2D eigenvalue weighted by atomic mass is 14.9. The second-order valence-electron chi connectivity index (χ2n) is 5.01. The lowest BCUT2D eigenvalue weighted by atomic mass is 9.79. The van der Waals surface area contributed by atoms with Crippen LogP contribution in [0.1, 0.15) is 45.1 Å². The Morgan fingerprint density at radius 1 is 1.22 bits per heavy atom. The van der Waals surface area contributed by atoms with E-state index in [-0.39, 0.29) is 0 Å². The van der Waals surface area contributed by atoms with Gasteiger partial charge in [-0.15, -0.1) is 6.58 Å². The van der Waals surface area contributed by atoms with Crippen molar-refractivity contribution in [3.63, 3.8) is 0 Å². The predicted octanol–water partition coefficient (Wildman–Crippen LogP) is 4.37. The van der Waals surface area contributed by atoms with Crippen LogP contribution in [-0.4, -0.2) is 12.6 Å². The molecule has 1 nitrogen and oxygen atoms in total. The van der Waals surface area contributed by atoms with Gasteiger partial charge < -0.3 is 5.32 Å². The molecular weight excluding hydrogens is 218 g/mol. The third kappa shape index (κ3) is 3.99. The zero-order valence-electron chi connectivity index (χ0n) is 12.0. The smallest absolute Gasteiger partial charge is 0.0173 e. The van der Waals surface area contributed by atoms with Crippen LogP contribution in [0.2, 0.25) is 0 Å². The predicted molar refractivity (Wildman–Crippen MR) is 80.9 cm³/mol. The van der Waals surface area contributed by atoms with Crippen molar-refractivity contribution < 1.29 is 0 Å². The summed E-state index contributed by atoms with van der Waals surface area (Å²) in [7, 11) is 0. The van der Waals surface area contributed by atoms with Gasteiger partial charge in [0.1, 0.15) is 0 Å². The van der Waals surface area contributed by atoms with Crippen molar-refractivity contribution in [2.45, 2.75) is 45.6 Å². The van der Waals surface area contributed by atoms with Crippen molar-refractivity contribution in [1.82, 2.24) is 5.32 Å². The van der Waals surface area contributed by atoms with Gasteiger partial charge in [0.25, 0.3) is 0 Å². The molecule has 100 valence electrons. The van der Waals surface area contributed by atoms with E-state index in [0.29, 0.717) is 17.9 Å². The van der Waals surface area contributed by atoms with Gasteiger partial charge in [0.05, 0.1) is 0 Å². The van der Waals surface area contributed by atoms with Gasteiger partial charge in [-0.25, -0.2) is 0 Å². The summed E-state index contributed by atoms with van der Waals surface area (Å²) in [4.78, 5) is 0. The summed E-state index contributed by atoms with van der Waals surface area (Å²) in [5, 5.41) is 3.63. The van der Waals surface area contributed by atoms with Gasteiger partial charge in [-0.3, -0.25) is 0 Å². The maximum absolute atomic E-state index is 3.90. The number of rotatable bonds is 8. The monoisotopic (exact) mass is 245 g/mol. The van der Waals surface area contributed by atoms with Crippen molar-refractivity contribution in [2.75, 3.05) is 6.54 Å². The largest absolute Gasteiger partial charge is 0.313 e. The van der Waals surface area contributed by atoms with E-state index in [4.69, 9.17) is 0 Å².